The van der Waals surface area contributed by atoms with Crippen LogP contribution in [0.1, 0.15) is 22.9 Å². The van der Waals surface area contributed by atoms with Crippen LogP contribution in [0.4, 0.5) is 4.79 Å². The van der Waals surface area contributed by atoms with Gasteiger partial charge in [-0.15, -0.1) is 0 Å². The summed E-state index contributed by atoms with van der Waals surface area (Å²) in [5.41, 5.74) is 3.95. The fourth-order valence-electron chi connectivity index (χ4n) is 4.19. The average Bonchev–Trinajstić information content (AvgIpc) is 3.18. The van der Waals surface area contributed by atoms with Crippen LogP contribution < -0.4 is 15.5 Å². The number of ether oxygens (including phenoxy) is 1. The van der Waals surface area contributed by atoms with Crippen molar-refractivity contribution in [3.05, 3.63) is 93.6 Å². The first kappa shape index (κ1) is 20.7. The number of aromatic nitrogens is 1. The molecular formula is C24H19Cl2N3O3. The van der Waals surface area contributed by atoms with E-state index in [1.54, 1.807) is 41.3 Å². The fourth-order valence-corrected chi connectivity index (χ4v) is 4.49. The first-order valence-electron chi connectivity index (χ1n) is 10.0. The van der Waals surface area contributed by atoms with E-state index in [1.165, 1.54) is 0 Å². The number of H-pyrrole nitrogens is 1. The van der Waals surface area contributed by atoms with E-state index in [2.05, 4.69) is 4.98 Å². The van der Waals surface area contributed by atoms with Crippen LogP contribution in [-0.2, 0) is 6.42 Å². The molecule has 0 saturated carbocycles. The molecule has 0 aliphatic carbocycles. The number of aromatic amines is 1. The number of nitrogens with two attached hydrogens (primary N) is 1. The van der Waals surface area contributed by atoms with Gasteiger partial charge in [0.25, 0.3) is 0 Å². The van der Waals surface area contributed by atoms with Crippen LogP contribution in [0.15, 0.2) is 66.7 Å². The first-order chi connectivity index (χ1) is 15.5. The number of benzene rings is 3. The maximum absolute atomic E-state index is 13.2. The molecule has 3 N–H and O–H groups in total. The van der Waals surface area contributed by atoms with Gasteiger partial charge in [-0.2, -0.15) is 5.90 Å². The maximum atomic E-state index is 13.2. The quantitative estimate of drug-likeness (QED) is 0.369. The predicted octanol–water partition coefficient (Wildman–Crippen LogP) is 5.87. The van der Waals surface area contributed by atoms with E-state index in [9.17, 15) is 4.79 Å². The number of halogens is 2. The summed E-state index contributed by atoms with van der Waals surface area (Å²) in [6, 6.07) is 19.4. The molecule has 0 fully saturated rings. The monoisotopic (exact) mass is 467 g/mol. The topological polar surface area (TPSA) is 80.6 Å². The van der Waals surface area contributed by atoms with Crippen molar-refractivity contribution >= 4 is 40.2 Å². The molecule has 3 aromatic carbocycles. The minimum Gasteiger partial charge on any atom is -0.412 e. The second kappa shape index (κ2) is 8.39. The Kier molecular flexibility index (Phi) is 5.43. The second-order valence-corrected chi connectivity index (χ2v) is 8.43. The Morgan fingerprint density at radius 3 is 2.38 bits per heavy atom. The Hall–Kier alpha value is -3.19. The highest BCUT2D eigenvalue weighted by atomic mass is 35.5. The van der Waals surface area contributed by atoms with Gasteiger partial charge >= 0.3 is 6.09 Å². The molecule has 1 aliphatic rings. The molecular weight excluding hydrogens is 449 g/mol. The Bertz CT molecular complexity index is 1290. The zero-order chi connectivity index (χ0) is 22.2. The van der Waals surface area contributed by atoms with Crippen LogP contribution in [-0.4, -0.2) is 22.5 Å². The predicted molar refractivity (Wildman–Crippen MR) is 124 cm³/mol. The number of fused-ring (bicyclic) bond motifs is 3. The number of amides is 1. The highest BCUT2D eigenvalue weighted by molar-refractivity contribution is 6.31. The number of hydrogen-bond donors (Lipinski definition) is 2. The molecule has 5 rings (SSSR count). The Balaban J connectivity index is 1.57. The lowest BCUT2D eigenvalue weighted by Gasteiger charge is -2.35. The van der Waals surface area contributed by atoms with E-state index in [-0.39, 0.29) is 6.04 Å². The minimum atomic E-state index is -0.446. The van der Waals surface area contributed by atoms with Crippen molar-refractivity contribution in [2.24, 2.45) is 5.90 Å². The van der Waals surface area contributed by atoms with Crippen LogP contribution in [0.5, 0.6) is 11.5 Å². The van der Waals surface area contributed by atoms with Crippen molar-refractivity contribution in [2.75, 3.05) is 6.54 Å². The molecule has 0 spiro atoms. The lowest BCUT2D eigenvalue weighted by atomic mass is 9.92. The van der Waals surface area contributed by atoms with Crippen LogP contribution in [0.25, 0.3) is 10.9 Å². The first-order valence-corrected chi connectivity index (χ1v) is 10.8. The van der Waals surface area contributed by atoms with E-state index in [4.69, 9.17) is 38.7 Å². The van der Waals surface area contributed by atoms with Gasteiger partial charge in [0.15, 0.2) is 0 Å². The molecule has 0 bridgehead atoms. The highest BCUT2D eigenvalue weighted by Gasteiger charge is 2.35. The van der Waals surface area contributed by atoms with Gasteiger partial charge in [0, 0.05) is 33.2 Å². The number of hydrogen-bond acceptors (Lipinski definition) is 4. The third-order valence-corrected chi connectivity index (χ3v) is 6.16. The standard InChI is InChI=1S/C24H19Cl2N3O3/c25-15-3-8-17(9-4-15)31-24(30)29-12-11-19-20-13-16(26)5-10-21(20)28-22(19)23(29)14-1-6-18(32-27)7-2-14/h1-10,13,23,28H,11-12,27H2/t23-/m0/s1. The third-order valence-electron chi connectivity index (χ3n) is 5.67. The fraction of sp³-hybridized carbons (Fsp3) is 0.125. The maximum Gasteiger partial charge on any atom is 0.416 e. The largest absolute Gasteiger partial charge is 0.416 e. The van der Waals surface area contributed by atoms with E-state index in [1.807, 2.05) is 30.3 Å². The summed E-state index contributed by atoms with van der Waals surface area (Å²) in [5.74, 6) is 6.24. The zero-order valence-corrected chi connectivity index (χ0v) is 18.4. The van der Waals surface area contributed by atoms with E-state index in [0.29, 0.717) is 34.5 Å². The lowest BCUT2D eigenvalue weighted by molar-refractivity contribution is 0.135. The number of nitrogens with one attached hydrogen (secondary N) is 1. The van der Waals surface area contributed by atoms with Gasteiger partial charge in [0.05, 0.1) is 0 Å². The minimum absolute atomic E-state index is 0.378. The molecule has 8 heteroatoms. The molecule has 0 radical (unpaired) electrons. The number of rotatable bonds is 3. The van der Waals surface area contributed by atoms with Crippen LogP contribution in [0, 0.1) is 0 Å². The van der Waals surface area contributed by atoms with Gasteiger partial charge in [-0.3, -0.25) is 4.90 Å². The number of carbonyl (C=O) groups is 1. The normalized spacial score (nSPS) is 15.5. The molecule has 1 aliphatic heterocycles. The molecule has 6 nitrogen and oxygen atoms in total. The van der Waals surface area contributed by atoms with Crippen molar-refractivity contribution in [3.8, 4) is 11.5 Å². The summed E-state index contributed by atoms with van der Waals surface area (Å²) in [7, 11) is 0. The highest BCUT2D eigenvalue weighted by Crippen LogP contribution is 2.39. The molecule has 4 aromatic rings. The summed E-state index contributed by atoms with van der Waals surface area (Å²) in [5, 5.41) is 2.30. The molecule has 0 unspecified atom stereocenters. The molecule has 1 aromatic heterocycles. The van der Waals surface area contributed by atoms with E-state index in [0.717, 1.165) is 27.7 Å². The van der Waals surface area contributed by atoms with Gasteiger partial charge in [0.2, 0.25) is 0 Å². The molecule has 1 atom stereocenters. The number of nitrogens with zero attached hydrogens (tertiary/aromatic N) is 1. The van der Waals surface area contributed by atoms with Crippen molar-refractivity contribution in [2.45, 2.75) is 12.5 Å². The Morgan fingerprint density at radius 2 is 1.66 bits per heavy atom. The van der Waals surface area contributed by atoms with Gasteiger partial charge in [-0.05, 0) is 72.1 Å². The molecule has 162 valence electrons. The molecule has 2 heterocycles. The summed E-state index contributed by atoms with van der Waals surface area (Å²) in [4.78, 5) is 23.3. The summed E-state index contributed by atoms with van der Waals surface area (Å²) >= 11 is 12.2. The zero-order valence-electron chi connectivity index (χ0n) is 16.8. The van der Waals surface area contributed by atoms with Gasteiger partial charge < -0.3 is 14.6 Å². The Labute approximate surface area is 194 Å². The van der Waals surface area contributed by atoms with E-state index >= 15 is 0 Å². The molecule has 1 amide bonds. The van der Waals surface area contributed by atoms with Gasteiger partial charge in [-0.1, -0.05) is 35.3 Å². The van der Waals surface area contributed by atoms with Crippen molar-refractivity contribution in [1.29, 1.82) is 0 Å². The summed E-state index contributed by atoms with van der Waals surface area (Å²) in [6.45, 7) is 0.485. The van der Waals surface area contributed by atoms with Crippen molar-refractivity contribution in [3.63, 3.8) is 0 Å². The Morgan fingerprint density at radius 1 is 0.969 bits per heavy atom. The molecule has 32 heavy (non-hydrogen) atoms. The van der Waals surface area contributed by atoms with E-state index < -0.39 is 6.09 Å². The lowest BCUT2D eigenvalue weighted by Crippen LogP contribution is -2.42. The van der Waals surface area contributed by atoms with Gasteiger partial charge in [0.1, 0.15) is 17.5 Å². The summed E-state index contributed by atoms with van der Waals surface area (Å²) in [6.07, 6.45) is 0.227. The summed E-state index contributed by atoms with van der Waals surface area (Å²) < 4.78 is 5.66. The number of carbonyl (C=O) groups excluding carboxylic acids is 1. The molecule has 0 saturated heterocycles. The van der Waals surface area contributed by atoms with Crippen molar-refractivity contribution < 1.29 is 14.4 Å². The SMILES string of the molecule is NOc1ccc([C@H]2c3[nH]c4ccc(Cl)cc4c3CCN2C(=O)Oc2ccc(Cl)cc2)cc1. The smallest absolute Gasteiger partial charge is 0.412 e. The van der Waals surface area contributed by atoms with Crippen LogP contribution in [0.2, 0.25) is 10.0 Å². The van der Waals surface area contributed by atoms with Crippen molar-refractivity contribution in [1.82, 2.24) is 9.88 Å². The second-order valence-electron chi connectivity index (χ2n) is 7.56. The van der Waals surface area contributed by atoms with Crippen LogP contribution >= 0.6 is 23.2 Å². The average molecular weight is 468 g/mol. The third kappa shape index (κ3) is 3.77. The van der Waals surface area contributed by atoms with Gasteiger partial charge in [-0.25, -0.2) is 4.79 Å². The van der Waals surface area contributed by atoms with Crippen LogP contribution in [0.3, 0.4) is 0 Å².